The molecule has 0 radical (unpaired) electrons. The molecule has 108 valence electrons. The van der Waals surface area contributed by atoms with E-state index >= 15 is 0 Å². The number of nitrogen functional groups attached to an aromatic ring is 1. The molecule has 3 nitrogen and oxygen atoms in total. The Labute approximate surface area is 118 Å². The molecule has 0 bridgehead atoms. The lowest BCUT2D eigenvalue weighted by Crippen LogP contribution is -2.30. The Hall–Kier alpha value is -1.22. The van der Waals surface area contributed by atoms with E-state index in [0.717, 1.165) is 31.9 Å². The molecule has 0 saturated carbocycles. The lowest BCUT2D eigenvalue weighted by molar-refractivity contribution is 0.301. The van der Waals surface area contributed by atoms with Crippen molar-refractivity contribution in [2.75, 3.05) is 43.4 Å². The van der Waals surface area contributed by atoms with Crippen LogP contribution in [0.2, 0.25) is 0 Å². The summed E-state index contributed by atoms with van der Waals surface area (Å²) in [6.45, 7) is 14.4. The smallest absolute Gasteiger partial charge is 0.0397 e. The van der Waals surface area contributed by atoms with Gasteiger partial charge in [0.2, 0.25) is 0 Å². The molecule has 0 aromatic heterocycles. The summed E-state index contributed by atoms with van der Waals surface area (Å²) in [5.41, 5.74) is 9.25. The van der Waals surface area contributed by atoms with Crippen molar-refractivity contribution in [1.82, 2.24) is 4.90 Å². The van der Waals surface area contributed by atoms with Crippen LogP contribution in [0, 0.1) is 6.92 Å². The molecule has 0 fully saturated rings. The molecule has 0 unspecified atom stereocenters. The Kier molecular flexibility index (Phi) is 6.71. The van der Waals surface area contributed by atoms with Crippen LogP contribution in [0.5, 0.6) is 0 Å². The van der Waals surface area contributed by atoms with Gasteiger partial charge in [0.05, 0.1) is 0 Å². The third kappa shape index (κ3) is 4.75. The maximum absolute atomic E-state index is 5.82. The predicted molar refractivity (Wildman–Crippen MR) is 85.9 cm³/mol. The highest BCUT2D eigenvalue weighted by Crippen LogP contribution is 2.22. The molecule has 1 aromatic rings. The molecular weight excluding hydrogens is 234 g/mol. The number of rotatable bonds is 8. The summed E-state index contributed by atoms with van der Waals surface area (Å²) < 4.78 is 0. The molecular formula is C16H29N3. The fourth-order valence-electron chi connectivity index (χ4n) is 2.51. The molecule has 0 aliphatic carbocycles. The lowest BCUT2D eigenvalue weighted by Gasteiger charge is -2.26. The number of nitrogens with two attached hydrogens (primary N) is 1. The average Bonchev–Trinajstić information content (AvgIpc) is 2.40. The van der Waals surface area contributed by atoms with Crippen molar-refractivity contribution < 1.29 is 0 Å². The van der Waals surface area contributed by atoms with Gasteiger partial charge in [0.25, 0.3) is 0 Å². The van der Waals surface area contributed by atoms with E-state index < -0.39 is 0 Å². The molecule has 1 rings (SSSR count). The number of nitrogens with zero attached hydrogens (tertiary/aromatic N) is 2. The first-order chi connectivity index (χ1) is 9.12. The van der Waals surface area contributed by atoms with Crippen LogP contribution in [0.1, 0.15) is 32.8 Å². The predicted octanol–water partition coefficient (Wildman–Crippen LogP) is 3.14. The van der Waals surface area contributed by atoms with Crippen molar-refractivity contribution in [2.45, 2.75) is 34.1 Å². The van der Waals surface area contributed by atoms with E-state index in [2.05, 4.69) is 49.6 Å². The molecule has 2 N–H and O–H groups in total. The van der Waals surface area contributed by atoms with Crippen molar-refractivity contribution in [3.8, 4) is 0 Å². The van der Waals surface area contributed by atoms with Gasteiger partial charge in [0.15, 0.2) is 0 Å². The van der Waals surface area contributed by atoms with E-state index in [-0.39, 0.29) is 0 Å². The second-order valence-corrected chi connectivity index (χ2v) is 5.01. The molecule has 0 spiro atoms. The minimum atomic E-state index is 0.848. The Bertz CT molecular complexity index is 372. The van der Waals surface area contributed by atoms with Crippen molar-refractivity contribution >= 4 is 11.4 Å². The van der Waals surface area contributed by atoms with Crippen LogP contribution < -0.4 is 10.6 Å². The second kappa shape index (κ2) is 8.05. The second-order valence-electron chi connectivity index (χ2n) is 5.01. The van der Waals surface area contributed by atoms with Gasteiger partial charge in [-0.05, 0) is 63.7 Å². The largest absolute Gasteiger partial charge is 0.399 e. The molecule has 0 aliphatic rings. The number of hydrogen-bond acceptors (Lipinski definition) is 3. The van der Waals surface area contributed by atoms with Crippen LogP contribution in [0.3, 0.4) is 0 Å². The van der Waals surface area contributed by atoms with Crippen molar-refractivity contribution in [2.24, 2.45) is 0 Å². The maximum atomic E-state index is 5.82. The zero-order valence-electron chi connectivity index (χ0n) is 12.9. The average molecular weight is 263 g/mol. The molecule has 0 heterocycles. The highest BCUT2D eigenvalue weighted by molar-refractivity contribution is 5.59. The van der Waals surface area contributed by atoms with Gasteiger partial charge < -0.3 is 15.5 Å². The maximum Gasteiger partial charge on any atom is 0.0397 e. The summed E-state index contributed by atoms with van der Waals surface area (Å²) in [5.74, 6) is 0. The van der Waals surface area contributed by atoms with Gasteiger partial charge in [-0.2, -0.15) is 0 Å². The Morgan fingerprint density at radius 2 is 1.68 bits per heavy atom. The topological polar surface area (TPSA) is 32.5 Å². The van der Waals surface area contributed by atoms with E-state index in [0.29, 0.717) is 0 Å². The van der Waals surface area contributed by atoms with Crippen molar-refractivity contribution in [3.05, 3.63) is 23.8 Å². The quantitative estimate of drug-likeness (QED) is 0.731. The number of benzene rings is 1. The van der Waals surface area contributed by atoms with Crippen LogP contribution in [0.25, 0.3) is 0 Å². The Morgan fingerprint density at radius 3 is 2.21 bits per heavy atom. The summed E-state index contributed by atoms with van der Waals surface area (Å²) in [6, 6.07) is 6.20. The molecule has 0 amide bonds. The molecule has 19 heavy (non-hydrogen) atoms. The van der Waals surface area contributed by atoms with Gasteiger partial charge in [-0.3, -0.25) is 0 Å². The molecule has 0 atom stereocenters. The van der Waals surface area contributed by atoms with Crippen LogP contribution in [-0.4, -0.2) is 37.6 Å². The molecule has 0 saturated heterocycles. The molecule has 3 heteroatoms. The number of hydrogen-bond donors (Lipinski definition) is 1. The number of anilines is 2. The van der Waals surface area contributed by atoms with Crippen LogP contribution in [-0.2, 0) is 0 Å². The van der Waals surface area contributed by atoms with Crippen LogP contribution in [0.4, 0.5) is 11.4 Å². The monoisotopic (exact) mass is 263 g/mol. The lowest BCUT2D eigenvalue weighted by atomic mass is 10.1. The third-order valence-corrected chi connectivity index (χ3v) is 3.74. The fraction of sp³-hybridized carbons (Fsp3) is 0.625. The van der Waals surface area contributed by atoms with E-state index in [4.69, 9.17) is 5.73 Å². The molecule has 1 aromatic carbocycles. The summed E-state index contributed by atoms with van der Waals surface area (Å²) in [4.78, 5) is 4.92. The Balaban J connectivity index is 2.58. The first-order valence-corrected chi connectivity index (χ1v) is 7.45. The first-order valence-electron chi connectivity index (χ1n) is 7.45. The van der Waals surface area contributed by atoms with Crippen LogP contribution >= 0.6 is 0 Å². The molecule has 0 aliphatic heterocycles. The van der Waals surface area contributed by atoms with E-state index in [1.165, 1.54) is 24.2 Å². The summed E-state index contributed by atoms with van der Waals surface area (Å²) in [6.07, 6.45) is 1.21. The normalized spacial score (nSPS) is 11.0. The van der Waals surface area contributed by atoms with Gasteiger partial charge >= 0.3 is 0 Å². The van der Waals surface area contributed by atoms with Crippen molar-refractivity contribution in [3.63, 3.8) is 0 Å². The van der Waals surface area contributed by atoms with E-state index in [1.807, 2.05) is 6.07 Å². The SMILES string of the molecule is CCN(CC)CCCN(CC)c1ccc(N)cc1C. The van der Waals surface area contributed by atoms with Crippen LogP contribution in [0.15, 0.2) is 18.2 Å². The summed E-state index contributed by atoms with van der Waals surface area (Å²) >= 11 is 0. The highest BCUT2D eigenvalue weighted by atomic mass is 15.1. The van der Waals surface area contributed by atoms with E-state index in [1.54, 1.807) is 0 Å². The van der Waals surface area contributed by atoms with Gasteiger partial charge in [-0.25, -0.2) is 0 Å². The summed E-state index contributed by atoms with van der Waals surface area (Å²) in [7, 11) is 0. The third-order valence-electron chi connectivity index (χ3n) is 3.74. The summed E-state index contributed by atoms with van der Waals surface area (Å²) in [5, 5.41) is 0. The Morgan fingerprint density at radius 1 is 1.00 bits per heavy atom. The fourth-order valence-corrected chi connectivity index (χ4v) is 2.51. The van der Waals surface area contributed by atoms with Crippen molar-refractivity contribution in [1.29, 1.82) is 0 Å². The first kappa shape index (κ1) is 15.8. The minimum Gasteiger partial charge on any atom is -0.399 e. The standard InChI is InChI=1S/C16H29N3/c1-5-18(6-2)11-8-12-19(7-3)16-10-9-15(17)13-14(16)4/h9-10,13H,5-8,11-12,17H2,1-4H3. The van der Waals surface area contributed by atoms with E-state index in [9.17, 15) is 0 Å². The number of aryl methyl sites for hydroxylation is 1. The highest BCUT2D eigenvalue weighted by Gasteiger charge is 2.08. The minimum absolute atomic E-state index is 0.848. The zero-order valence-corrected chi connectivity index (χ0v) is 12.9. The van der Waals surface area contributed by atoms with Gasteiger partial charge in [-0.1, -0.05) is 13.8 Å². The van der Waals surface area contributed by atoms with Gasteiger partial charge in [0, 0.05) is 24.5 Å². The zero-order chi connectivity index (χ0) is 14.3. The van der Waals surface area contributed by atoms with Gasteiger partial charge in [0.1, 0.15) is 0 Å². The van der Waals surface area contributed by atoms with Gasteiger partial charge in [-0.15, -0.1) is 0 Å².